The van der Waals surface area contributed by atoms with Crippen molar-refractivity contribution >= 4 is 11.5 Å². The number of pyridine rings is 1. The van der Waals surface area contributed by atoms with Crippen molar-refractivity contribution in [2.24, 2.45) is 5.92 Å². The normalized spacial score (nSPS) is 14.7. The summed E-state index contributed by atoms with van der Waals surface area (Å²) in [5.41, 5.74) is 7.09. The third-order valence-corrected chi connectivity index (χ3v) is 3.07. The van der Waals surface area contributed by atoms with Crippen molar-refractivity contribution in [3.63, 3.8) is 0 Å². The molecule has 2 rings (SSSR count). The Morgan fingerprint density at radius 1 is 1.59 bits per heavy atom. The first-order valence-electron chi connectivity index (χ1n) is 6.04. The van der Waals surface area contributed by atoms with Gasteiger partial charge in [0.1, 0.15) is 6.07 Å². The monoisotopic (exact) mass is 230 g/mol. The van der Waals surface area contributed by atoms with E-state index in [9.17, 15) is 0 Å². The fourth-order valence-corrected chi connectivity index (χ4v) is 1.90. The Morgan fingerprint density at radius 2 is 2.29 bits per heavy atom. The van der Waals surface area contributed by atoms with Crippen LogP contribution in [0.2, 0.25) is 0 Å². The first-order valence-corrected chi connectivity index (χ1v) is 6.04. The van der Waals surface area contributed by atoms with Gasteiger partial charge >= 0.3 is 0 Å². The van der Waals surface area contributed by atoms with E-state index in [1.165, 1.54) is 12.8 Å². The lowest BCUT2D eigenvalue weighted by molar-refractivity contribution is 0.637. The van der Waals surface area contributed by atoms with Crippen LogP contribution in [0.3, 0.4) is 0 Å². The van der Waals surface area contributed by atoms with Gasteiger partial charge in [0.2, 0.25) is 0 Å². The zero-order chi connectivity index (χ0) is 12.4. The minimum atomic E-state index is 0.373. The molecule has 0 spiro atoms. The van der Waals surface area contributed by atoms with Crippen LogP contribution in [0, 0.1) is 17.2 Å². The Balaban J connectivity index is 2.25. The Labute approximate surface area is 102 Å². The lowest BCUT2D eigenvalue weighted by Crippen LogP contribution is -2.34. The predicted octanol–water partition coefficient (Wildman–Crippen LogP) is 2.16. The maximum absolute atomic E-state index is 8.80. The van der Waals surface area contributed by atoms with Gasteiger partial charge in [-0.05, 0) is 38.7 Å². The Kier molecular flexibility index (Phi) is 3.19. The third-order valence-electron chi connectivity index (χ3n) is 3.07. The Morgan fingerprint density at radius 3 is 2.76 bits per heavy atom. The molecule has 17 heavy (non-hydrogen) atoms. The zero-order valence-electron chi connectivity index (χ0n) is 10.3. The van der Waals surface area contributed by atoms with Crippen LogP contribution in [0.4, 0.5) is 11.5 Å². The minimum Gasteiger partial charge on any atom is -0.396 e. The zero-order valence-corrected chi connectivity index (χ0v) is 10.3. The number of rotatable bonds is 4. The summed E-state index contributed by atoms with van der Waals surface area (Å²) in [6.07, 6.45) is 4.20. The molecule has 0 atom stereocenters. The van der Waals surface area contributed by atoms with Gasteiger partial charge in [-0.2, -0.15) is 5.26 Å². The number of nitrogens with zero attached hydrogens (tertiary/aromatic N) is 3. The van der Waals surface area contributed by atoms with Crippen LogP contribution in [0.25, 0.3) is 0 Å². The van der Waals surface area contributed by atoms with Gasteiger partial charge in [-0.3, -0.25) is 0 Å². The van der Waals surface area contributed by atoms with Crippen molar-refractivity contribution in [2.75, 3.05) is 17.2 Å². The van der Waals surface area contributed by atoms with Crippen molar-refractivity contribution in [1.82, 2.24) is 4.98 Å². The van der Waals surface area contributed by atoms with E-state index in [1.807, 2.05) is 0 Å². The summed E-state index contributed by atoms with van der Waals surface area (Å²) in [7, 11) is 0. The maximum Gasteiger partial charge on any atom is 0.152 e. The molecule has 1 aliphatic carbocycles. The first-order chi connectivity index (χ1) is 8.11. The number of nitrogen functional groups attached to an aromatic ring is 1. The van der Waals surface area contributed by atoms with Crippen molar-refractivity contribution in [3.8, 4) is 6.07 Å². The van der Waals surface area contributed by atoms with Crippen LogP contribution >= 0.6 is 0 Å². The highest BCUT2D eigenvalue weighted by Gasteiger charge is 2.27. The minimum absolute atomic E-state index is 0.373. The molecule has 2 N–H and O–H groups in total. The number of hydrogen-bond donors (Lipinski definition) is 1. The van der Waals surface area contributed by atoms with E-state index in [0.29, 0.717) is 17.3 Å². The molecule has 1 heterocycles. The molecule has 0 amide bonds. The van der Waals surface area contributed by atoms with Gasteiger partial charge in [0, 0.05) is 18.8 Å². The van der Waals surface area contributed by atoms with Crippen molar-refractivity contribution in [2.45, 2.75) is 32.7 Å². The van der Waals surface area contributed by atoms with E-state index in [4.69, 9.17) is 11.0 Å². The summed E-state index contributed by atoms with van der Waals surface area (Å²) in [6.45, 7) is 5.30. The molecule has 1 aromatic heterocycles. The summed E-state index contributed by atoms with van der Waals surface area (Å²) in [5, 5.41) is 8.80. The van der Waals surface area contributed by atoms with Gasteiger partial charge in [-0.1, -0.05) is 0 Å². The number of nitriles is 1. The highest BCUT2D eigenvalue weighted by molar-refractivity contribution is 5.65. The fourth-order valence-electron chi connectivity index (χ4n) is 1.90. The molecule has 0 bridgehead atoms. The molecule has 0 unspecified atom stereocenters. The van der Waals surface area contributed by atoms with E-state index < -0.39 is 0 Å². The predicted molar refractivity (Wildman–Crippen MR) is 68.6 cm³/mol. The molecule has 0 aliphatic heterocycles. The highest BCUT2D eigenvalue weighted by Crippen LogP contribution is 2.33. The Hall–Kier alpha value is -1.76. The van der Waals surface area contributed by atoms with E-state index in [0.717, 1.165) is 18.3 Å². The second kappa shape index (κ2) is 4.62. The largest absolute Gasteiger partial charge is 0.396 e. The van der Waals surface area contributed by atoms with Gasteiger partial charge in [0.05, 0.1) is 11.3 Å². The molecule has 90 valence electrons. The summed E-state index contributed by atoms with van der Waals surface area (Å²) >= 11 is 0. The van der Waals surface area contributed by atoms with Crippen LogP contribution in [0.15, 0.2) is 12.3 Å². The van der Waals surface area contributed by atoms with Crippen LogP contribution in [0.1, 0.15) is 32.3 Å². The molecule has 1 aliphatic rings. The second-order valence-corrected chi connectivity index (χ2v) is 4.94. The van der Waals surface area contributed by atoms with E-state index in [2.05, 4.69) is 29.8 Å². The molecule has 1 saturated carbocycles. The third kappa shape index (κ3) is 2.68. The molecule has 4 heteroatoms. The number of nitrogens with two attached hydrogens (primary N) is 1. The van der Waals surface area contributed by atoms with Gasteiger partial charge in [0.15, 0.2) is 5.82 Å². The molecular weight excluding hydrogens is 212 g/mol. The smallest absolute Gasteiger partial charge is 0.152 e. The van der Waals surface area contributed by atoms with Crippen LogP contribution in [-0.4, -0.2) is 17.6 Å². The average Bonchev–Trinajstić information content (AvgIpc) is 3.10. The summed E-state index contributed by atoms with van der Waals surface area (Å²) < 4.78 is 0. The second-order valence-electron chi connectivity index (χ2n) is 4.94. The molecule has 1 fully saturated rings. The fraction of sp³-hybridized carbons (Fsp3) is 0.538. The number of hydrogen-bond acceptors (Lipinski definition) is 4. The first kappa shape index (κ1) is 11.7. The van der Waals surface area contributed by atoms with Crippen LogP contribution in [0.5, 0.6) is 0 Å². The molecule has 0 aromatic carbocycles. The standard InChI is InChI=1S/C13H18N4/c1-9(2)17(8-10-3-4-10)13-12(15)5-11(6-14)7-16-13/h5,7,9-10H,3-4,8,15H2,1-2H3. The maximum atomic E-state index is 8.80. The SMILES string of the molecule is CC(C)N(CC1CC1)c1ncc(C#N)cc1N. The van der Waals surface area contributed by atoms with Crippen molar-refractivity contribution in [1.29, 1.82) is 5.26 Å². The summed E-state index contributed by atoms with van der Waals surface area (Å²) in [5.74, 6) is 1.60. The molecule has 4 nitrogen and oxygen atoms in total. The molecular formula is C13H18N4. The quantitative estimate of drug-likeness (QED) is 0.860. The number of aromatic nitrogens is 1. The lowest BCUT2D eigenvalue weighted by atomic mass is 10.2. The van der Waals surface area contributed by atoms with Crippen LogP contribution in [-0.2, 0) is 0 Å². The summed E-state index contributed by atoms with van der Waals surface area (Å²) in [4.78, 5) is 6.56. The van der Waals surface area contributed by atoms with Crippen LogP contribution < -0.4 is 10.6 Å². The molecule has 0 radical (unpaired) electrons. The van der Waals surface area contributed by atoms with Gasteiger partial charge in [-0.15, -0.1) is 0 Å². The van der Waals surface area contributed by atoms with Crippen molar-refractivity contribution < 1.29 is 0 Å². The molecule has 1 aromatic rings. The highest BCUT2D eigenvalue weighted by atomic mass is 15.2. The van der Waals surface area contributed by atoms with E-state index >= 15 is 0 Å². The molecule has 0 saturated heterocycles. The van der Waals surface area contributed by atoms with E-state index in [1.54, 1.807) is 12.3 Å². The van der Waals surface area contributed by atoms with E-state index in [-0.39, 0.29) is 0 Å². The number of anilines is 2. The van der Waals surface area contributed by atoms with Gasteiger partial charge in [0.25, 0.3) is 0 Å². The topological polar surface area (TPSA) is 65.9 Å². The van der Waals surface area contributed by atoms with Gasteiger partial charge < -0.3 is 10.6 Å². The average molecular weight is 230 g/mol. The Bertz CT molecular complexity index is 443. The van der Waals surface area contributed by atoms with Crippen molar-refractivity contribution in [3.05, 3.63) is 17.8 Å². The summed E-state index contributed by atoms with van der Waals surface area (Å²) in [6, 6.07) is 4.13. The lowest BCUT2D eigenvalue weighted by Gasteiger charge is -2.28. The van der Waals surface area contributed by atoms with Gasteiger partial charge in [-0.25, -0.2) is 4.98 Å².